The van der Waals surface area contributed by atoms with E-state index in [0.29, 0.717) is 0 Å². The number of allylic oxidation sites excluding steroid dienone is 4. The Morgan fingerprint density at radius 1 is 0.962 bits per heavy atom. The molecule has 0 unspecified atom stereocenters. The summed E-state index contributed by atoms with van der Waals surface area (Å²) in [7, 11) is 6.74. The number of hydrogen-bond donors (Lipinski definition) is 0. The Balaban J connectivity index is 1.79. The van der Waals surface area contributed by atoms with E-state index >= 15 is 0 Å². The highest BCUT2D eigenvalue weighted by molar-refractivity contribution is 5.76. The molecule has 0 saturated heterocycles. The molecule has 26 heavy (non-hydrogen) atoms. The monoisotopic (exact) mass is 354 g/mol. The summed E-state index contributed by atoms with van der Waals surface area (Å²) >= 11 is 0. The molecule has 0 spiro atoms. The first-order valence-corrected chi connectivity index (χ1v) is 8.79. The second kappa shape index (κ2) is 6.56. The summed E-state index contributed by atoms with van der Waals surface area (Å²) in [5.74, 6) is 3.62. The molecule has 3 aliphatic rings. The second-order valence-corrected chi connectivity index (χ2v) is 6.61. The van der Waals surface area contributed by atoms with Crippen LogP contribution in [0.3, 0.4) is 0 Å². The zero-order chi connectivity index (χ0) is 18.3. The maximum absolute atomic E-state index is 5.66. The third-order valence-corrected chi connectivity index (χ3v) is 5.38. The highest BCUT2D eigenvalue weighted by Gasteiger charge is 2.39. The largest absolute Gasteiger partial charge is 0.496 e. The normalized spacial score (nSPS) is 23.2. The maximum Gasteiger partial charge on any atom is 0.209 e. The molecule has 5 nitrogen and oxygen atoms in total. The van der Waals surface area contributed by atoms with Gasteiger partial charge in [-0.25, -0.2) is 4.58 Å². The van der Waals surface area contributed by atoms with Gasteiger partial charge in [0.2, 0.25) is 5.70 Å². The lowest BCUT2D eigenvalue weighted by Gasteiger charge is -2.30. The fraction of sp³-hybridized carbons (Fsp3) is 0.381. The van der Waals surface area contributed by atoms with E-state index < -0.39 is 0 Å². The summed E-state index contributed by atoms with van der Waals surface area (Å²) in [6, 6.07) is 4.18. The van der Waals surface area contributed by atoms with Crippen LogP contribution in [0.15, 0.2) is 41.9 Å². The van der Waals surface area contributed by atoms with Gasteiger partial charge in [-0.3, -0.25) is 0 Å². The number of rotatable bonds is 4. The Bertz CT molecular complexity index is 863. The highest BCUT2D eigenvalue weighted by Crippen LogP contribution is 2.41. The van der Waals surface area contributed by atoms with Crippen LogP contribution >= 0.6 is 0 Å². The number of nitrogens with zero attached hydrogens (tertiary/aromatic N) is 1. The fourth-order valence-corrected chi connectivity index (χ4v) is 4.07. The van der Waals surface area contributed by atoms with E-state index in [0.717, 1.165) is 36.0 Å². The summed E-state index contributed by atoms with van der Waals surface area (Å²) in [5, 5.41) is 0. The van der Waals surface area contributed by atoms with Gasteiger partial charge in [-0.15, -0.1) is 0 Å². The Hall–Kier alpha value is -2.69. The molecule has 0 amide bonds. The van der Waals surface area contributed by atoms with Gasteiger partial charge in [0.15, 0.2) is 35.8 Å². The van der Waals surface area contributed by atoms with Crippen molar-refractivity contribution in [1.29, 1.82) is 0 Å². The summed E-state index contributed by atoms with van der Waals surface area (Å²) in [6.45, 7) is 0.931. The van der Waals surface area contributed by atoms with Crippen LogP contribution in [-0.4, -0.2) is 45.8 Å². The van der Waals surface area contributed by atoms with Gasteiger partial charge < -0.3 is 18.9 Å². The van der Waals surface area contributed by atoms with Crippen LogP contribution in [0.25, 0.3) is 5.70 Å². The SMILES string of the molecule is COC1=C(OC)[C@@H]2C=[N+]3CCc4cc(OC)c(OC)cc4C3=C[C@@H]2C=C1. The number of benzene rings is 1. The lowest BCUT2D eigenvalue weighted by Crippen LogP contribution is -2.33. The van der Waals surface area contributed by atoms with Crippen LogP contribution in [0, 0.1) is 11.8 Å². The van der Waals surface area contributed by atoms with Gasteiger partial charge in [-0.05, 0) is 29.8 Å². The van der Waals surface area contributed by atoms with E-state index in [1.807, 2.05) is 6.08 Å². The van der Waals surface area contributed by atoms with Crippen molar-refractivity contribution in [3.05, 3.63) is 53.0 Å². The standard InChI is InChI=1S/C21H24NO4/c1-23-18-6-5-13-9-17-15-11-20(25-3)19(24-2)10-14(15)7-8-22(17)12-16(13)21(18)26-4/h5-6,9-13,16H,7-8H2,1-4H3/q+1/t13-,16+/m0/s1. The van der Waals surface area contributed by atoms with Crippen LogP contribution in [-0.2, 0) is 15.9 Å². The fourth-order valence-electron chi connectivity index (χ4n) is 4.07. The molecule has 5 heteroatoms. The van der Waals surface area contributed by atoms with Gasteiger partial charge in [0.25, 0.3) is 0 Å². The Morgan fingerprint density at radius 2 is 1.73 bits per heavy atom. The van der Waals surface area contributed by atoms with Crippen LogP contribution in [0.5, 0.6) is 11.5 Å². The van der Waals surface area contributed by atoms with E-state index in [1.165, 1.54) is 16.8 Å². The molecule has 0 N–H and O–H groups in total. The van der Waals surface area contributed by atoms with Crippen molar-refractivity contribution in [2.75, 3.05) is 35.0 Å². The molecule has 0 radical (unpaired) electrons. The molecule has 0 bridgehead atoms. The first kappa shape index (κ1) is 16.8. The Labute approximate surface area is 153 Å². The minimum Gasteiger partial charge on any atom is -0.496 e. The van der Waals surface area contributed by atoms with Gasteiger partial charge in [-0.1, -0.05) is 6.08 Å². The van der Waals surface area contributed by atoms with Gasteiger partial charge in [0, 0.05) is 12.3 Å². The zero-order valence-corrected chi connectivity index (χ0v) is 15.6. The smallest absolute Gasteiger partial charge is 0.209 e. The van der Waals surface area contributed by atoms with Crippen molar-refractivity contribution in [3.8, 4) is 11.5 Å². The Kier molecular flexibility index (Phi) is 4.23. The molecule has 1 aromatic rings. The molecule has 0 saturated carbocycles. The predicted molar refractivity (Wildman–Crippen MR) is 99.6 cm³/mol. The third-order valence-electron chi connectivity index (χ3n) is 5.38. The van der Waals surface area contributed by atoms with Gasteiger partial charge in [-0.2, -0.15) is 0 Å². The van der Waals surface area contributed by atoms with Crippen LogP contribution in [0.4, 0.5) is 0 Å². The van der Waals surface area contributed by atoms with E-state index in [2.05, 4.69) is 35.1 Å². The first-order valence-electron chi connectivity index (χ1n) is 8.79. The molecule has 0 fully saturated rings. The van der Waals surface area contributed by atoms with Gasteiger partial charge >= 0.3 is 0 Å². The van der Waals surface area contributed by atoms with Gasteiger partial charge in [0.1, 0.15) is 5.92 Å². The molecule has 2 atom stereocenters. The predicted octanol–water partition coefficient (Wildman–Crippen LogP) is 3.00. The summed E-state index contributed by atoms with van der Waals surface area (Å²) in [6.07, 6.45) is 9.72. The summed E-state index contributed by atoms with van der Waals surface area (Å²) in [5.41, 5.74) is 3.71. The first-order chi connectivity index (χ1) is 12.7. The molecule has 2 aliphatic heterocycles. The number of hydrogen-bond acceptors (Lipinski definition) is 4. The lowest BCUT2D eigenvalue weighted by atomic mass is 9.82. The van der Waals surface area contributed by atoms with Crippen molar-refractivity contribution >= 4 is 11.9 Å². The quantitative estimate of drug-likeness (QED) is 0.780. The van der Waals surface area contributed by atoms with Crippen molar-refractivity contribution in [2.24, 2.45) is 11.8 Å². The average molecular weight is 354 g/mol. The van der Waals surface area contributed by atoms with E-state index in [1.54, 1.807) is 28.4 Å². The summed E-state index contributed by atoms with van der Waals surface area (Å²) < 4.78 is 24.4. The molecule has 2 heterocycles. The van der Waals surface area contributed by atoms with E-state index in [9.17, 15) is 0 Å². The number of fused-ring (bicyclic) bond motifs is 4. The Morgan fingerprint density at radius 3 is 2.42 bits per heavy atom. The van der Waals surface area contributed by atoms with E-state index in [4.69, 9.17) is 18.9 Å². The molecule has 4 rings (SSSR count). The van der Waals surface area contributed by atoms with Crippen molar-refractivity contribution < 1.29 is 23.5 Å². The lowest BCUT2D eigenvalue weighted by molar-refractivity contribution is -0.434. The van der Waals surface area contributed by atoms with Crippen LogP contribution < -0.4 is 9.47 Å². The minimum atomic E-state index is 0.158. The summed E-state index contributed by atoms with van der Waals surface area (Å²) in [4.78, 5) is 0. The second-order valence-electron chi connectivity index (χ2n) is 6.61. The zero-order valence-electron chi connectivity index (χ0n) is 15.6. The number of ether oxygens (including phenoxy) is 4. The van der Waals surface area contributed by atoms with Gasteiger partial charge in [0.05, 0.1) is 34.0 Å². The van der Waals surface area contributed by atoms with E-state index in [-0.39, 0.29) is 11.8 Å². The third kappa shape index (κ3) is 2.50. The van der Waals surface area contributed by atoms with Crippen molar-refractivity contribution in [3.63, 3.8) is 0 Å². The molecule has 0 aromatic heterocycles. The topological polar surface area (TPSA) is 39.9 Å². The molecular weight excluding hydrogens is 330 g/mol. The minimum absolute atomic E-state index is 0.158. The van der Waals surface area contributed by atoms with Crippen LogP contribution in [0.1, 0.15) is 11.1 Å². The molecule has 1 aliphatic carbocycles. The molecule has 1 aromatic carbocycles. The molecular formula is C21H24NO4+. The molecule has 136 valence electrons. The van der Waals surface area contributed by atoms with Crippen molar-refractivity contribution in [2.45, 2.75) is 6.42 Å². The maximum atomic E-state index is 5.66. The average Bonchev–Trinajstić information content (AvgIpc) is 2.70. The van der Waals surface area contributed by atoms with Crippen LogP contribution in [0.2, 0.25) is 0 Å². The number of methoxy groups -OCH3 is 4. The highest BCUT2D eigenvalue weighted by atomic mass is 16.5. The van der Waals surface area contributed by atoms with Crippen molar-refractivity contribution in [1.82, 2.24) is 0 Å².